The molecule has 0 bridgehead atoms. The van der Waals surface area contributed by atoms with Gasteiger partial charge >= 0.3 is 12.1 Å². The minimum atomic E-state index is -1.19. The maximum atomic E-state index is 12.3. The molecule has 8 heteroatoms. The Morgan fingerprint density at radius 2 is 1.64 bits per heavy atom. The van der Waals surface area contributed by atoms with Crippen molar-refractivity contribution in [2.75, 3.05) is 19.8 Å². The molecule has 0 saturated heterocycles. The summed E-state index contributed by atoms with van der Waals surface area (Å²) in [5.41, 5.74) is 4.57. The van der Waals surface area contributed by atoms with Gasteiger partial charge in [0.2, 0.25) is 5.91 Å². The number of carboxylic acid groups (broad SMARTS) is 1. The molecule has 0 radical (unpaired) electrons. The van der Waals surface area contributed by atoms with Crippen molar-refractivity contribution in [3.63, 3.8) is 0 Å². The summed E-state index contributed by atoms with van der Waals surface area (Å²) in [6.07, 6.45) is 0.0689. The number of alkyl carbamates (subject to hydrolysis) is 1. The fraction of sp³-hybridized carbons (Fsp3) is 0.400. The molecule has 0 spiro atoms. The molecule has 2 aromatic carbocycles. The van der Waals surface area contributed by atoms with Crippen molar-refractivity contribution in [1.29, 1.82) is 0 Å². The first-order chi connectivity index (χ1) is 15.9. The zero-order chi connectivity index (χ0) is 23.8. The molecule has 0 aliphatic heterocycles. The predicted molar refractivity (Wildman–Crippen MR) is 123 cm³/mol. The second kappa shape index (κ2) is 11.5. The third-order valence-electron chi connectivity index (χ3n) is 5.98. The number of aliphatic carboxylic acids is 1. The van der Waals surface area contributed by atoms with E-state index in [0.717, 1.165) is 22.3 Å². The number of fused-ring (bicyclic) bond motifs is 3. The summed E-state index contributed by atoms with van der Waals surface area (Å²) in [4.78, 5) is 35.7. The first kappa shape index (κ1) is 24.3. The van der Waals surface area contributed by atoms with Crippen molar-refractivity contribution in [1.82, 2.24) is 10.6 Å². The van der Waals surface area contributed by atoms with Crippen LogP contribution in [0.1, 0.15) is 43.2 Å². The van der Waals surface area contributed by atoms with Crippen LogP contribution in [0, 0.1) is 5.92 Å². The quantitative estimate of drug-likeness (QED) is 0.414. The lowest BCUT2D eigenvalue weighted by Crippen LogP contribution is -2.42. The minimum Gasteiger partial charge on any atom is -0.480 e. The predicted octanol–water partition coefficient (Wildman–Crippen LogP) is 2.89. The van der Waals surface area contributed by atoms with Gasteiger partial charge in [-0.3, -0.25) is 4.79 Å². The van der Waals surface area contributed by atoms with E-state index in [1.807, 2.05) is 43.3 Å². The maximum absolute atomic E-state index is 12.3. The number of amides is 2. The number of carbonyl (C=O) groups is 3. The second-order valence-electron chi connectivity index (χ2n) is 8.16. The Hall–Kier alpha value is -3.39. The highest BCUT2D eigenvalue weighted by Gasteiger charge is 2.29. The largest absolute Gasteiger partial charge is 0.480 e. The van der Waals surface area contributed by atoms with Crippen molar-refractivity contribution in [2.24, 2.45) is 5.92 Å². The number of rotatable bonds is 11. The Bertz CT molecular complexity index is 947. The molecule has 0 aromatic heterocycles. The van der Waals surface area contributed by atoms with Crippen molar-refractivity contribution < 1.29 is 29.3 Å². The fourth-order valence-corrected chi connectivity index (χ4v) is 4.14. The van der Waals surface area contributed by atoms with E-state index < -0.39 is 24.0 Å². The number of carboxylic acids is 1. The lowest BCUT2D eigenvalue weighted by atomic mass is 9.98. The van der Waals surface area contributed by atoms with Crippen molar-refractivity contribution in [2.45, 2.75) is 38.1 Å². The van der Waals surface area contributed by atoms with Crippen LogP contribution in [0.5, 0.6) is 0 Å². The molecular formula is C25H30N2O6. The monoisotopic (exact) mass is 454 g/mol. The first-order valence-corrected chi connectivity index (χ1v) is 11.2. The van der Waals surface area contributed by atoms with Crippen LogP contribution in [-0.2, 0) is 14.3 Å². The Labute approximate surface area is 193 Å². The molecule has 0 saturated carbocycles. The third-order valence-corrected chi connectivity index (χ3v) is 5.98. The Balaban J connectivity index is 1.50. The van der Waals surface area contributed by atoms with E-state index >= 15 is 0 Å². The summed E-state index contributed by atoms with van der Waals surface area (Å²) in [5.74, 6) is -1.83. The van der Waals surface area contributed by atoms with E-state index in [0.29, 0.717) is 6.42 Å². The number of aliphatic hydroxyl groups excluding tert-OH is 1. The van der Waals surface area contributed by atoms with Gasteiger partial charge in [0.05, 0.1) is 0 Å². The zero-order valence-electron chi connectivity index (χ0n) is 18.6. The number of hydrogen-bond acceptors (Lipinski definition) is 5. The number of ether oxygens (including phenoxy) is 1. The summed E-state index contributed by atoms with van der Waals surface area (Å²) >= 11 is 0. The Kier molecular flexibility index (Phi) is 8.43. The molecule has 4 N–H and O–H groups in total. The summed E-state index contributed by atoms with van der Waals surface area (Å²) < 4.78 is 5.51. The smallest absolute Gasteiger partial charge is 0.407 e. The van der Waals surface area contributed by atoms with E-state index in [1.165, 1.54) is 0 Å². The molecule has 33 heavy (non-hydrogen) atoms. The van der Waals surface area contributed by atoms with Crippen LogP contribution < -0.4 is 10.6 Å². The molecule has 176 valence electrons. The molecule has 1 aliphatic rings. The van der Waals surface area contributed by atoms with E-state index in [2.05, 4.69) is 22.8 Å². The molecule has 3 rings (SSSR count). The highest BCUT2D eigenvalue weighted by atomic mass is 16.5. The number of hydrogen-bond donors (Lipinski definition) is 4. The number of benzene rings is 2. The van der Waals surface area contributed by atoms with Gasteiger partial charge in [0.1, 0.15) is 12.6 Å². The van der Waals surface area contributed by atoms with Gasteiger partial charge < -0.3 is 25.6 Å². The highest BCUT2D eigenvalue weighted by molar-refractivity contribution is 5.83. The third kappa shape index (κ3) is 6.10. The Morgan fingerprint density at radius 1 is 1.03 bits per heavy atom. The average molecular weight is 455 g/mol. The molecule has 2 atom stereocenters. The van der Waals surface area contributed by atoms with Gasteiger partial charge in [0.15, 0.2) is 0 Å². The van der Waals surface area contributed by atoms with Crippen molar-refractivity contribution in [3.05, 3.63) is 59.7 Å². The molecular weight excluding hydrogens is 424 g/mol. The van der Waals surface area contributed by atoms with Crippen LogP contribution in [-0.4, -0.2) is 54.0 Å². The summed E-state index contributed by atoms with van der Waals surface area (Å²) in [6, 6.07) is 15.1. The normalized spacial score (nSPS) is 14.0. The molecule has 1 unspecified atom stereocenters. The van der Waals surface area contributed by atoms with Crippen LogP contribution >= 0.6 is 0 Å². The molecule has 0 heterocycles. The molecule has 8 nitrogen and oxygen atoms in total. The van der Waals surface area contributed by atoms with Gasteiger partial charge in [-0.2, -0.15) is 0 Å². The zero-order valence-corrected chi connectivity index (χ0v) is 18.6. The highest BCUT2D eigenvalue weighted by Crippen LogP contribution is 2.44. The average Bonchev–Trinajstić information content (AvgIpc) is 3.13. The van der Waals surface area contributed by atoms with Crippen LogP contribution in [0.2, 0.25) is 0 Å². The summed E-state index contributed by atoms with van der Waals surface area (Å²) in [7, 11) is 0. The first-order valence-electron chi connectivity index (χ1n) is 11.2. The maximum Gasteiger partial charge on any atom is 0.407 e. The number of nitrogens with one attached hydrogen (secondary N) is 2. The van der Waals surface area contributed by atoms with Gasteiger partial charge in [0.25, 0.3) is 0 Å². The van der Waals surface area contributed by atoms with Gasteiger partial charge in [-0.05, 0) is 28.2 Å². The van der Waals surface area contributed by atoms with Crippen molar-refractivity contribution in [3.8, 4) is 11.1 Å². The van der Waals surface area contributed by atoms with E-state index in [9.17, 15) is 14.4 Å². The number of aliphatic hydroxyl groups is 1. The molecule has 2 aromatic rings. The van der Waals surface area contributed by atoms with Crippen molar-refractivity contribution >= 4 is 18.0 Å². The molecule has 2 amide bonds. The fourth-order valence-electron chi connectivity index (χ4n) is 4.14. The lowest BCUT2D eigenvalue weighted by Gasteiger charge is -2.19. The number of carbonyl (C=O) groups excluding carboxylic acids is 2. The second-order valence-corrected chi connectivity index (χ2v) is 8.16. The van der Waals surface area contributed by atoms with Gasteiger partial charge in [-0.1, -0.05) is 61.9 Å². The van der Waals surface area contributed by atoms with E-state index in [1.54, 1.807) is 0 Å². The van der Waals surface area contributed by atoms with Crippen LogP contribution in [0.25, 0.3) is 11.1 Å². The van der Waals surface area contributed by atoms with Crippen LogP contribution in [0.4, 0.5) is 4.79 Å². The molecule has 0 fully saturated rings. The van der Waals surface area contributed by atoms with E-state index in [4.69, 9.17) is 14.9 Å². The van der Waals surface area contributed by atoms with Gasteiger partial charge in [-0.15, -0.1) is 0 Å². The Morgan fingerprint density at radius 3 is 2.18 bits per heavy atom. The minimum absolute atomic E-state index is 0.0321. The van der Waals surface area contributed by atoms with E-state index in [-0.39, 0.29) is 44.4 Å². The topological polar surface area (TPSA) is 125 Å². The molecule has 1 aliphatic carbocycles. The SMILES string of the molecule is CCC(CNC(=O)OCC1c2ccccc2-c2ccccc21)CC(=O)N[C@H](CCO)C(=O)O. The standard InChI is InChI=1S/C25H30N2O6/c1-2-16(13-23(29)27-22(11-12-28)24(30)31)14-26-25(32)33-15-21-19-9-5-3-7-17(19)18-8-4-6-10-20(18)21/h3-10,16,21-22,28H,2,11-15H2,1H3,(H,26,32)(H,27,29)(H,30,31)/t16?,22-/m1/s1. The van der Waals surface area contributed by atoms with Gasteiger partial charge in [0, 0.05) is 31.9 Å². The van der Waals surface area contributed by atoms with Crippen LogP contribution in [0.15, 0.2) is 48.5 Å². The van der Waals surface area contributed by atoms with Gasteiger partial charge in [-0.25, -0.2) is 9.59 Å². The van der Waals surface area contributed by atoms with Crippen LogP contribution in [0.3, 0.4) is 0 Å². The summed E-state index contributed by atoms with van der Waals surface area (Å²) in [5, 5.41) is 23.1. The lowest BCUT2D eigenvalue weighted by molar-refractivity contribution is -0.142. The summed E-state index contributed by atoms with van der Waals surface area (Å²) in [6.45, 7) is 1.99.